The Morgan fingerprint density at radius 2 is 1.68 bits per heavy atom. The van der Waals surface area contributed by atoms with Gasteiger partial charge < -0.3 is 4.74 Å². The summed E-state index contributed by atoms with van der Waals surface area (Å²) in [6.45, 7) is 1.47. The van der Waals surface area contributed by atoms with E-state index in [1.165, 1.54) is 22.3 Å². The Bertz CT molecular complexity index is 972. The number of sulfonamides is 1. The van der Waals surface area contributed by atoms with Crippen molar-refractivity contribution in [2.45, 2.75) is 21.2 Å². The molecule has 0 atom stereocenters. The van der Waals surface area contributed by atoms with Gasteiger partial charge in [0.1, 0.15) is 4.90 Å². The van der Waals surface area contributed by atoms with Crippen LogP contribution in [0.1, 0.15) is 6.42 Å². The molecule has 152 valence electrons. The van der Waals surface area contributed by atoms with Gasteiger partial charge in [0, 0.05) is 25.0 Å². The van der Waals surface area contributed by atoms with Gasteiger partial charge in [0.2, 0.25) is 10.0 Å². The Hall–Kier alpha value is -1.46. The molecule has 0 spiro atoms. The summed E-state index contributed by atoms with van der Waals surface area (Å²) in [7, 11) is -6.83. The summed E-state index contributed by atoms with van der Waals surface area (Å²) in [5.41, 5.74) is 0. The molecule has 1 saturated heterocycles. The van der Waals surface area contributed by atoms with Crippen molar-refractivity contribution < 1.29 is 21.6 Å². The van der Waals surface area contributed by atoms with Crippen LogP contribution in [0.2, 0.25) is 0 Å². The van der Waals surface area contributed by atoms with E-state index < -0.39 is 19.9 Å². The van der Waals surface area contributed by atoms with Crippen LogP contribution in [0.3, 0.4) is 0 Å². The predicted octanol–water partition coefficient (Wildman–Crippen LogP) is 2.06. The molecule has 0 unspecified atom stereocenters. The number of thioether (sulfide) groups is 1. The van der Waals surface area contributed by atoms with Crippen molar-refractivity contribution in [1.82, 2.24) is 9.29 Å². The van der Waals surface area contributed by atoms with E-state index in [0.717, 1.165) is 0 Å². The molecule has 3 rings (SSSR count). The fourth-order valence-corrected chi connectivity index (χ4v) is 6.37. The number of nitrogens with zero attached hydrogens (tertiary/aromatic N) is 2. The number of morpholine rings is 1. The number of benzene rings is 1. The quantitative estimate of drug-likeness (QED) is 0.456. The summed E-state index contributed by atoms with van der Waals surface area (Å²) < 4.78 is 56.2. The van der Waals surface area contributed by atoms with Crippen molar-refractivity contribution in [3.63, 3.8) is 0 Å². The van der Waals surface area contributed by atoms with Crippen molar-refractivity contribution in [2.75, 3.05) is 37.8 Å². The molecule has 28 heavy (non-hydrogen) atoms. The van der Waals surface area contributed by atoms with Crippen molar-refractivity contribution >= 4 is 31.6 Å². The molecule has 10 heteroatoms. The summed E-state index contributed by atoms with van der Waals surface area (Å²) in [4.78, 5) is 4.70. The highest BCUT2D eigenvalue weighted by atomic mass is 32.2. The third-order valence-corrected chi connectivity index (χ3v) is 8.96. The minimum atomic E-state index is -3.55. The number of ether oxygens (including phenoxy) is 1. The van der Waals surface area contributed by atoms with E-state index in [1.54, 1.807) is 42.5 Å². The highest BCUT2D eigenvalue weighted by Gasteiger charge is 2.26. The van der Waals surface area contributed by atoms with Crippen LogP contribution in [-0.2, 0) is 24.6 Å². The molecule has 1 aliphatic rings. The number of sulfone groups is 1. The summed E-state index contributed by atoms with van der Waals surface area (Å²) in [6.07, 6.45) is 1.84. The highest BCUT2D eigenvalue weighted by Crippen LogP contribution is 2.21. The molecule has 1 aromatic heterocycles. The largest absolute Gasteiger partial charge is 0.379 e. The third-order valence-electron chi connectivity index (χ3n) is 4.23. The topological polar surface area (TPSA) is 93.6 Å². The van der Waals surface area contributed by atoms with E-state index in [9.17, 15) is 16.8 Å². The SMILES string of the molecule is O=S(=O)(CCCSc1ccc(S(=O)(=O)N2CCOCC2)cn1)c1ccccc1. The second-order valence-corrected chi connectivity index (χ2v) is 11.3. The van der Waals surface area contributed by atoms with Crippen molar-refractivity contribution in [1.29, 1.82) is 0 Å². The molecule has 1 aliphatic heterocycles. The molecule has 0 radical (unpaired) electrons. The van der Waals surface area contributed by atoms with Gasteiger partial charge >= 0.3 is 0 Å². The van der Waals surface area contributed by atoms with E-state index in [4.69, 9.17) is 4.74 Å². The fourth-order valence-electron chi connectivity index (χ4n) is 2.71. The average molecular weight is 443 g/mol. The van der Waals surface area contributed by atoms with Crippen LogP contribution in [0, 0.1) is 0 Å². The molecule has 1 fully saturated rings. The van der Waals surface area contributed by atoms with Crippen LogP contribution in [0.25, 0.3) is 0 Å². The monoisotopic (exact) mass is 442 g/mol. The summed E-state index contributed by atoms with van der Waals surface area (Å²) in [5.74, 6) is 0.641. The Morgan fingerprint density at radius 3 is 2.32 bits per heavy atom. The van der Waals surface area contributed by atoms with Gasteiger partial charge in [-0.05, 0) is 30.7 Å². The molecule has 0 bridgehead atoms. The minimum absolute atomic E-state index is 0.0630. The second kappa shape index (κ2) is 9.36. The normalized spacial score (nSPS) is 16.1. The van der Waals surface area contributed by atoms with Crippen LogP contribution in [-0.4, -0.2) is 63.9 Å². The van der Waals surface area contributed by atoms with Crippen molar-refractivity contribution in [3.8, 4) is 0 Å². The Morgan fingerprint density at radius 1 is 0.964 bits per heavy atom. The number of rotatable bonds is 8. The van der Waals surface area contributed by atoms with Crippen LogP contribution < -0.4 is 0 Å². The van der Waals surface area contributed by atoms with Crippen LogP contribution in [0.4, 0.5) is 0 Å². The average Bonchev–Trinajstić information content (AvgIpc) is 2.73. The smallest absolute Gasteiger partial charge is 0.244 e. The van der Waals surface area contributed by atoms with Crippen molar-refractivity contribution in [2.24, 2.45) is 0 Å². The molecule has 0 saturated carbocycles. The first-order chi connectivity index (χ1) is 13.4. The standard InChI is InChI=1S/C18H22N2O5S3/c21-27(22,16-5-2-1-3-6-16)14-4-13-26-18-8-7-17(15-19-18)28(23,24)20-9-11-25-12-10-20/h1-3,5-8,15H,4,9-14H2. The highest BCUT2D eigenvalue weighted by molar-refractivity contribution is 7.99. The van der Waals surface area contributed by atoms with Crippen LogP contribution in [0.5, 0.6) is 0 Å². The second-order valence-electron chi connectivity index (χ2n) is 6.18. The van der Waals surface area contributed by atoms with Gasteiger partial charge in [0.25, 0.3) is 0 Å². The van der Waals surface area contributed by atoms with Gasteiger partial charge in [0.15, 0.2) is 9.84 Å². The molecule has 0 N–H and O–H groups in total. The first-order valence-corrected chi connectivity index (χ1v) is 12.9. The molecular formula is C18H22N2O5S3. The predicted molar refractivity (Wildman–Crippen MR) is 108 cm³/mol. The molecule has 7 nitrogen and oxygen atoms in total. The molecule has 2 heterocycles. The lowest BCUT2D eigenvalue weighted by Gasteiger charge is -2.25. The number of hydrogen-bond donors (Lipinski definition) is 0. The fraction of sp³-hybridized carbons (Fsp3) is 0.389. The maximum atomic E-state index is 12.6. The van der Waals surface area contributed by atoms with Gasteiger partial charge in [-0.1, -0.05) is 18.2 Å². The summed E-state index contributed by atoms with van der Waals surface area (Å²) in [6, 6.07) is 11.6. The van der Waals surface area contributed by atoms with E-state index in [0.29, 0.717) is 48.4 Å². The van der Waals surface area contributed by atoms with Gasteiger partial charge in [-0.15, -0.1) is 11.8 Å². The molecule has 1 aromatic carbocycles. The molecule has 2 aromatic rings. The first-order valence-electron chi connectivity index (χ1n) is 8.84. The van der Waals surface area contributed by atoms with Gasteiger partial charge in [-0.2, -0.15) is 4.31 Å². The maximum absolute atomic E-state index is 12.6. The Kier molecular flexibility index (Phi) is 7.10. The number of hydrogen-bond acceptors (Lipinski definition) is 7. The number of pyridine rings is 1. The first kappa shape index (κ1) is 21.3. The lowest BCUT2D eigenvalue weighted by molar-refractivity contribution is 0.0730. The van der Waals surface area contributed by atoms with E-state index >= 15 is 0 Å². The maximum Gasteiger partial charge on any atom is 0.244 e. The summed E-state index contributed by atoms with van der Waals surface area (Å²) in [5, 5.41) is 0.665. The Labute approximate surface area is 170 Å². The Balaban J connectivity index is 1.52. The zero-order valence-electron chi connectivity index (χ0n) is 15.2. The van der Waals surface area contributed by atoms with Gasteiger partial charge in [-0.25, -0.2) is 21.8 Å². The summed E-state index contributed by atoms with van der Waals surface area (Å²) >= 11 is 1.41. The lowest BCUT2D eigenvalue weighted by Crippen LogP contribution is -2.40. The van der Waals surface area contributed by atoms with Crippen LogP contribution >= 0.6 is 11.8 Å². The van der Waals surface area contributed by atoms with Gasteiger partial charge in [-0.3, -0.25) is 0 Å². The van der Waals surface area contributed by atoms with Crippen LogP contribution in [0.15, 0.2) is 63.5 Å². The van der Waals surface area contributed by atoms with E-state index in [-0.39, 0.29) is 10.6 Å². The zero-order valence-corrected chi connectivity index (χ0v) is 17.7. The lowest BCUT2D eigenvalue weighted by atomic mass is 10.4. The van der Waals surface area contributed by atoms with Gasteiger partial charge in [0.05, 0.1) is 28.9 Å². The van der Waals surface area contributed by atoms with E-state index in [1.807, 2.05) is 0 Å². The van der Waals surface area contributed by atoms with E-state index in [2.05, 4.69) is 4.98 Å². The molecular weight excluding hydrogens is 420 g/mol. The zero-order chi connectivity index (χ0) is 20.0. The third kappa shape index (κ3) is 5.32. The van der Waals surface area contributed by atoms with Crippen molar-refractivity contribution in [3.05, 3.63) is 48.7 Å². The number of aromatic nitrogens is 1. The molecule has 0 aliphatic carbocycles. The molecule has 0 amide bonds. The minimum Gasteiger partial charge on any atom is -0.379 e.